The average Bonchev–Trinajstić information content (AvgIpc) is 3.17. The molecular formula is C19H22N6O3. The van der Waals surface area contributed by atoms with Gasteiger partial charge in [0.05, 0.1) is 12.9 Å². The van der Waals surface area contributed by atoms with Gasteiger partial charge in [-0.25, -0.2) is 9.97 Å². The number of carbonyl (C=O) groups is 2. The molecule has 0 aromatic carbocycles. The van der Waals surface area contributed by atoms with E-state index in [-0.39, 0.29) is 18.0 Å². The number of fused-ring (bicyclic) bond motifs is 1. The molecule has 3 rings (SSSR count). The summed E-state index contributed by atoms with van der Waals surface area (Å²) in [7, 11) is 0. The molecule has 0 bridgehead atoms. The van der Waals surface area contributed by atoms with Gasteiger partial charge >= 0.3 is 0 Å². The monoisotopic (exact) mass is 382 g/mol. The first-order valence-corrected chi connectivity index (χ1v) is 9.00. The number of hydrogen-bond donors (Lipinski definition) is 1. The smallest absolute Gasteiger partial charge is 0.265 e. The lowest BCUT2D eigenvalue weighted by Crippen LogP contribution is -2.38. The van der Waals surface area contributed by atoms with Crippen molar-refractivity contribution in [3.8, 4) is 0 Å². The van der Waals surface area contributed by atoms with Crippen LogP contribution in [0.3, 0.4) is 0 Å². The minimum absolute atomic E-state index is 0.165. The summed E-state index contributed by atoms with van der Waals surface area (Å²) in [5.74, 6) is -1.06. The van der Waals surface area contributed by atoms with Crippen molar-refractivity contribution in [3.05, 3.63) is 58.5 Å². The van der Waals surface area contributed by atoms with E-state index in [1.807, 2.05) is 30.7 Å². The number of imidazole rings is 1. The number of nitrogens with two attached hydrogens (primary N) is 1. The van der Waals surface area contributed by atoms with E-state index in [1.165, 1.54) is 10.6 Å². The zero-order chi connectivity index (χ0) is 20.3. The van der Waals surface area contributed by atoms with Crippen molar-refractivity contribution in [3.63, 3.8) is 0 Å². The fourth-order valence-electron chi connectivity index (χ4n) is 3.12. The van der Waals surface area contributed by atoms with Crippen LogP contribution >= 0.6 is 0 Å². The molecular weight excluding hydrogens is 360 g/mol. The van der Waals surface area contributed by atoms with E-state index in [4.69, 9.17) is 5.73 Å². The Bertz CT molecular complexity index is 1070. The van der Waals surface area contributed by atoms with Crippen LogP contribution in [0, 0.1) is 0 Å². The fraction of sp³-hybridized carbons (Fsp3) is 0.316. The van der Waals surface area contributed by atoms with Gasteiger partial charge in [0.2, 0.25) is 5.91 Å². The van der Waals surface area contributed by atoms with Gasteiger partial charge in [-0.2, -0.15) is 0 Å². The Morgan fingerprint density at radius 1 is 1.21 bits per heavy atom. The van der Waals surface area contributed by atoms with Crippen molar-refractivity contribution in [1.82, 2.24) is 24.0 Å². The molecule has 0 aliphatic heterocycles. The van der Waals surface area contributed by atoms with Gasteiger partial charge in [0.15, 0.2) is 0 Å². The molecule has 3 heterocycles. The van der Waals surface area contributed by atoms with Gasteiger partial charge in [0.25, 0.3) is 11.5 Å². The van der Waals surface area contributed by atoms with Crippen molar-refractivity contribution >= 4 is 22.8 Å². The molecule has 2 amide bonds. The van der Waals surface area contributed by atoms with Gasteiger partial charge in [-0.3, -0.25) is 19.0 Å². The quantitative estimate of drug-likeness (QED) is 0.643. The maximum Gasteiger partial charge on any atom is 0.265 e. The van der Waals surface area contributed by atoms with Crippen LogP contribution in [-0.4, -0.2) is 48.9 Å². The van der Waals surface area contributed by atoms with E-state index in [0.29, 0.717) is 30.7 Å². The predicted octanol–water partition coefficient (Wildman–Crippen LogP) is 0.609. The van der Waals surface area contributed by atoms with Crippen LogP contribution in [0.25, 0.3) is 11.0 Å². The molecule has 0 atom stereocenters. The second-order valence-corrected chi connectivity index (χ2v) is 6.37. The maximum atomic E-state index is 12.7. The lowest BCUT2D eigenvalue weighted by atomic mass is 10.1. The summed E-state index contributed by atoms with van der Waals surface area (Å²) >= 11 is 0. The molecule has 0 fully saturated rings. The van der Waals surface area contributed by atoms with Crippen molar-refractivity contribution in [2.75, 3.05) is 13.1 Å². The number of rotatable bonds is 7. The molecule has 28 heavy (non-hydrogen) atoms. The van der Waals surface area contributed by atoms with Crippen LogP contribution in [0.15, 0.2) is 41.8 Å². The average molecular weight is 382 g/mol. The summed E-state index contributed by atoms with van der Waals surface area (Å²) in [5.41, 5.74) is 5.80. The van der Waals surface area contributed by atoms with Crippen molar-refractivity contribution in [1.29, 1.82) is 0 Å². The van der Waals surface area contributed by atoms with Gasteiger partial charge < -0.3 is 15.2 Å². The zero-order valence-electron chi connectivity index (χ0n) is 15.8. The minimum atomic E-state index is -0.837. The highest BCUT2D eigenvalue weighted by molar-refractivity contribution is 5.96. The van der Waals surface area contributed by atoms with E-state index in [9.17, 15) is 14.4 Å². The first-order valence-electron chi connectivity index (χ1n) is 9.00. The summed E-state index contributed by atoms with van der Waals surface area (Å²) in [5, 5.41) is 0.568. The third kappa shape index (κ3) is 3.78. The molecule has 9 heteroatoms. The molecule has 0 aliphatic rings. The van der Waals surface area contributed by atoms with Gasteiger partial charge in [-0.1, -0.05) is 0 Å². The fourth-order valence-corrected chi connectivity index (χ4v) is 3.12. The third-order valence-corrected chi connectivity index (χ3v) is 4.58. The Morgan fingerprint density at radius 2 is 1.96 bits per heavy atom. The number of primary amides is 1. The van der Waals surface area contributed by atoms with Crippen LogP contribution in [0.1, 0.15) is 29.8 Å². The van der Waals surface area contributed by atoms with Crippen molar-refractivity contribution < 1.29 is 9.59 Å². The Morgan fingerprint density at radius 3 is 2.57 bits per heavy atom. The number of amides is 2. The molecule has 0 radical (unpaired) electrons. The normalized spacial score (nSPS) is 10.9. The molecule has 146 valence electrons. The first kappa shape index (κ1) is 19.3. The van der Waals surface area contributed by atoms with Crippen molar-refractivity contribution in [2.24, 2.45) is 5.73 Å². The first-order chi connectivity index (χ1) is 13.4. The minimum Gasteiger partial charge on any atom is -0.365 e. The predicted molar refractivity (Wildman–Crippen MR) is 104 cm³/mol. The van der Waals surface area contributed by atoms with E-state index in [0.717, 1.165) is 5.56 Å². The lowest BCUT2D eigenvalue weighted by Gasteiger charge is -2.20. The Hall–Kier alpha value is -3.49. The molecule has 0 spiro atoms. The van der Waals surface area contributed by atoms with Gasteiger partial charge in [0, 0.05) is 37.1 Å². The number of nitrogens with zero attached hydrogens (tertiary/aromatic N) is 5. The Labute approximate surface area is 161 Å². The zero-order valence-corrected chi connectivity index (χ0v) is 15.8. The number of hydrogen-bond acceptors (Lipinski definition) is 5. The summed E-state index contributed by atoms with van der Waals surface area (Å²) in [6, 6.07) is 3.26. The largest absolute Gasteiger partial charge is 0.365 e. The maximum absolute atomic E-state index is 12.7. The molecule has 0 unspecified atom stereocenters. The number of carbonyl (C=O) groups excluding carboxylic acids is 2. The van der Waals surface area contributed by atoms with Crippen LogP contribution < -0.4 is 11.3 Å². The highest BCUT2D eigenvalue weighted by Gasteiger charge is 2.18. The summed E-state index contributed by atoms with van der Waals surface area (Å²) in [6.07, 6.45) is 6.83. The SMILES string of the molecule is CCN(CC)C(=O)Cn1c(=O)c(C(N)=O)cc2cc(Cn3ccnc3)cnc21. The van der Waals surface area contributed by atoms with Crippen LogP contribution in [0.4, 0.5) is 0 Å². The molecule has 0 aliphatic carbocycles. The Kier molecular flexibility index (Phi) is 5.53. The van der Waals surface area contributed by atoms with Crippen molar-refractivity contribution in [2.45, 2.75) is 26.9 Å². The van der Waals surface area contributed by atoms with Gasteiger partial charge in [0.1, 0.15) is 17.8 Å². The number of likely N-dealkylation sites (N-methyl/N-ethyl adjacent to an activating group) is 1. The van der Waals surface area contributed by atoms with Gasteiger partial charge in [-0.05, 0) is 31.5 Å². The van der Waals surface area contributed by atoms with E-state index in [2.05, 4.69) is 9.97 Å². The second kappa shape index (κ2) is 8.03. The topological polar surface area (TPSA) is 116 Å². The molecule has 0 saturated carbocycles. The number of pyridine rings is 2. The van der Waals surface area contributed by atoms with Crippen LogP contribution in [-0.2, 0) is 17.9 Å². The standard InChI is InChI=1S/C19H22N6O3/c1-3-24(4-2)16(26)11-25-18-14(8-15(17(20)27)19(25)28)7-13(9-22-18)10-23-6-5-21-12-23/h5-9,12H,3-4,10-11H2,1-2H3,(H2,20,27). The van der Waals surface area contributed by atoms with Crippen LogP contribution in [0.2, 0.25) is 0 Å². The molecule has 0 saturated heterocycles. The summed E-state index contributed by atoms with van der Waals surface area (Å²) in [4.78, 5) is 47.1. The van der Waals surface area contributed by atoms with Gasteiger partial charge in [-0.15, -0.1) is 0 Å². The third-order valence-electron chi connectivity index (χ3n) is 4.58. The Balaban J connectivity index is 2.10. The molecule has 3 aromatic rings. The molecule has 9 nitrogen and oxygen atoms in total. The highest BCUT2D eigenvalue weighted by atomic mass is 16.2. The number of aromatic nitrogens is 4. The van der Waals surface area contributed by atoms with Crippen LogP contribution in [0.5, 0.6) is 0 Å². The summed E-state index contributed by atoms with van der Waals surface area (Å²) < 4.78 is 3.09. The highest BCUT2D eigenvalue weighted by Crippen LogP contribution is 2.15. The van der Waals surface area contributed by atoms with E-state index >= 15 is 0 Å². The summed E-state index contributed by atoms with van der Waals surface area (Å²) in [6.45, 7) is 5.11. The van der Waals surface area contributed by atoms with E-state index in [1.54, 1.807) is 23.6 Å². The lowest BCUT2D eigenvalue weighted by molar-refractivity contribution is -0.131. The molecule has 2 N–H and O–H groups in total. The van der Waals surface area contributed by atoms with E-state index < -0.39 is 11.5 Å². The molecule has 3 aromatic heterocycles. The second-order valence-electron chi connectivity index (χ2n) is 6.37.